The normalized spacial score (nSPS) is 14.1. The molecule has 1 N–H and O–H groups in total. The van der Waals surface area contributed by atoms with Crippen LogP contribution in [0.5, 0.6) is 0 Å². The standard InChI is InChI=1S/C25H28N4O3S/c1-19-6-13-23(14-7-19)33(31,32)28(2)22-11-8-20(9-12-22)25(30)27-21-10-15-24(26-18-21)29-16-4-3-5-17-29/h6-15,18H,3-5,16-17H2,1-2H3,(H,27,30). The van der Waals surface area contributed by atoms with Crippen LogP contribution in [0.4, 0.5) is 17.2 Å². The number of nitrogens with one attached hydrogen (secondary N) is 1. The predicted octanol–water partition coefficient (Wildman–Crippen LogP) is 4.46. The van der Waals surface area contributed by atoms with Gasteiger partial charge in [-0.3, -0.25) is 9.10 Å². The number of carbonyl (C=O) groups excluding carboxylic acids is 1. The molecule has 1 aliphatic rings. The van der Waals surface area contributed by atoms with Crippen LogP contribution in [0.1, 0.15) is 35.2 Å². The Labute approximate surface area is 195 Å². The minimum atomic E-state index is -3.68. The third kappa shape index (κ3) is 5.17. The highest BCUT2D eigenvalue weighted by Gasteiger charge is 2.21. The molecule has 4 rings (SSSR count). The van der Waals surface area contributed by atoms with Crippen LogP contribution in [-0.4, -0.2) is 39.4 Å². The fourth-order valence-corrected chi connectivity index (χ4v) is 5.00. The maximum Gasteiger partial charge on any atom is 0.264 e. The number of aryl methyl sites for hydroxylation is 1. The SMILES string of the molecule is Cc1ccc(S(=O)(=O)N(C)c2ccc(C(=O)Nc3ccc(N4CCCCC4)nc3)cc2)cc1. The van der Waals surface area contributed by atoms with E-state index in [0.29, 0.717) is 16.9 Å². The number of hydrogen-bond donors (Lipinski definition) is 1. The smallest absolute Gasteiger partial charge is 0.264 e. The highest BCUT2D eigenvalue weighted by Crippen LogP contribution is 2.23. The van der Waals surface area contributed by atoms with E-state index >= 15 is 0 Å². The van der Waals surface area contributed by atoms with Crippen molar-refractivity contribution in [1.82, 2.24) is 4.98 Å². The first kappa shape index (κ1) is 22.8. The second kappa shape index (κ2) is 9.62. The van der Waals surface area contributed by atoms with Crippen molar-refractivity contribution in [2.75, 3.05) is 34.7 Å². The van der Waals surface area contributed by atoms with Gasteiger partial charge in [0.15, 0.2) is 0 Å². The number of carbonyl (C=O) groups is 1. The molecule has 1 aromatic heterocycles. The van der Waals surface area contributed by atoms with Gasteiger partial charge in [0.2, 0.25) is 0 Å². The molecule has 1 amide bonds. The van der Waals surface area contributed by atoms with E-state index in [1.807, 2.05) is 19.1 Å². The van der Waals surface area contributed by atoms with E-state index in [0.717, 1.165) is 24.5 Å². The molecule has 2 heterocycles. The molecule has 1 fully saturated rings. The lowest BCUT2D eigenvalue weighted by Crippen LogP contribution is -2.30. The quantitative estimate of drug-likeness (QED) is 0.583. The fraction of sp³-hybridized carbons (Fsp3) is 0.280. The van der Waals surface area contributed by atoms with Gasteiger partial charge >= 0.3 is 0 Å². The molecule has 0 radical (unpaired) electrons. The lowest BCUT2D eigenvalue weighted by Gasteiger charge is -2.27. The molecule has 0 atom stereocenters. The van der Waals surface area contributed by atoms with Gasteiger partial charge in [-0.05, 0) is 74.7 Å². The maximum atomic E-state index is 12.9. The number of aromatic nitrogens is 1. The van der Waals surface area contributed by atoms with Gasteiger partial charge in [0.1, 0.15) is 5.82 Å². The summed E-state index contributed by atoms with van der Waals surface area (Å²) in [6.45, 7) is 3.93. The van der Waals surface area contributed by atoms with E-state index < -0.39 is 10.0 Å². The summed E-state index contributed by atoms with van der Waals surface area (Å²) in [6.07, 6.45) is 5.28. The molecule has 0 spiro atoms. The molecule has 172 valence electrons. The Morgan fingerprint density at radius 3 is 2.21 bits per heavy atom. The van der Waals surface area contributed by atoms with Crippen LogP contribution in [0.25, 0.3) is 0 Å². The van der Waals surface area contributed by atoms with Gasteiger partial charge in [-0.25, -0.2) is 13.4 Å². The van der Waals surface area contributed by atoms with Crippen LogP contribution in [0, 0.1) is 6.92 Å². The van der Waals surface area contributed by atoms with E-state index in [1.165, 1.54) is 30.6 Å². The van der Waals surface area contributed by atoms with Crippen molar-refractivity contribution >= 4 is 33.1 Å². The summed E-state index contributed by atoms with van der Waals surface area (Å²) in [5, 5.41) is 2.85. The molecular formula is C25H28N4O3S. The summed E-state index contributed by atoms with van der Waals surface area (Å²) >= 11 is 0. The zero-order chi connectivity index (χ0) is 23.4. The zero-order valence-electron chi connectivity index (χ0n) is 18.9. The average molecular weight is 465 g/mol. The Morgan fingerprint density at radius 2 is 1.61 bits per heavy atom. The summed E-state index contributed by atoms with van der Waals surface area (Å²) in [6, 6.07) is 17.0. The van der Waals surface area contributed by atoms with E-state index in [1.54, 1.807) is 54.7 Å². The van der Waals surface area contributed by atoms with E-state index in [-0.39, 0.29) is 10.8 Å². The van der Waals surface area contributed by atoms with Crippen molar-refractivity contribution in [2.24, 2.45) is 0 Å². The molecule has 33 heavy (non-hydrogen) atoms. The molecule has 0 saturated carbocycles. The molecular weight excluding hydrogens is 436 g/mol. The van der Waals surface area contributed by atoms with Gasteiger partial charge in [-0.15, -0.1) is 0 Å². The monoisotopic (exact) mass is 464 g/mol. The molecule has 3 aromatic rings. The summed E-state index contributed by atoms with van der Waals surface area (Å²) in [4.78, 5) is 19.6. The van der Waals surface area contributed by atoms with E-state index in [2.05, 4.69) is 15.2 Å². The number of anilines is 3. The second-order valence-corrected chi connectivity index (χ2v) is 10.2. The Hall–Kier alpha value is -3.39. The highest BCUT2D eigenvalue weighted by atomic mass is 32.2. The molecule has 2 aromatic carbocycles. The van der Waals surface area contributed by atoms with Crippen LogP contribution in [0.2, 0.25) is 0 Å². The number of rotatable bonds is 6. The number of amides is 1. The van der Waals surface area contributed by atoms with E-state index in [4.69, 9.17) is 0 Å². The predicted molar refractivity (Wildman–Crippen MR) is 131 cm³/mol. The van der Waals surface area contributed by atoms with Crippen molar-refractivity contribution in [1.29, 1.82) is 0 Å². The third-order valence-electron chi connectivity index (χ3n) is 5.86. The maximum absolute atomic E-state index is 12.9. The first-order chi connectivity index (χ1) is 15.8. The molecule has 7 nitrogen and oxygen atoms in total. The van der Waals surface area contributed by atoms with Gasteiger partial charge in [-0.2, -0.15) is 0 Å². The fourth-order valence-electron chi connectivity index (χ4n) is 3.80. The number of piperidine rings is 1. The molecule has 0 unspecified atom stereocenters. The average Bonchev–Trinajstić information content (AvgIpc) is 2.85. The third-order valence-corrected chi connectivity index (χ3v) is 7.66. The molecule has 1 aliphatic heterocycles. The number of hydrogen-bond acceptors (Lipinski definition) is 5. The summed E-state index contributed by atoms with van der Waals surface area (Å²) < 4.78 is 27.0. The van der Waals surface area contributed by atoms with Gasteiger partial charge in [0.25, 0.3) is 15.9 Å². The minimum absolute atomic E-state index is 0.220. The van der Waals surface area contributed by atoms with Crippen molar-refractivity contribution in [3.05, 3.63) is 78.0 Å². The second-order valence-electron chi connectivity index (χ2n) is 8.24. The first-order valence-electron chi connectivity index (χ1n) is 11.0. The Balaban J connectivity index is 1.42. The topological polar surface area (TPSA) is 82.6 Å². The van der Waals surface area contributed by atoms with Crippen LogP contribution < -0.4 is 14.5 Å². The van der Waals surface area contributed by atoms with Crippen LogP contribution in [0.3, 0.4) is 0 Å². The zero-order valence-corrected chi connectivity index (χ0v) is 19.7. The van der Waals surface area contributed by atoms with Crippen LogP contribution in [0.15, 0.2) is 71.8 Å². The van der Waals surface area contributed by atoms with Gasteiger partial charge < -0.3 is 10.2 Å². The van der Waals surface area contributed by atoms with E-state index in [9.17, 15) is 13.2 Å². The summed E-state index contributed by atoms with van der Waals surface area (Å²) in [7, 11) is -2.18. The number of pyridine rings is 1. The lowest BCUT2D eigenvalue weighted by molar-refractivity contribution is 0.102. The first-order valence-corrected chi connectivity index (χ1v) is 12.5. The number of sulfonamides is 1. The molecule has 0 aliphatic carbocycles. The van der Waals surface area contributed by atoms with Gasteiger partial charge in [0, 0.05) is 25.7 Å². The van der Waals surface area contributed by atoms with Gasteiger partial charge in [-0.1, -0.05) is 17.7 Å². The van der Waals surface area contributed by atoms with Crippen molar-refractivity contribution in [3.8, 4) is 0 Å². The summed E-state index contributed by atoms with van der Waals surface area (Å²) in [5.74, 6) is 0.646. The highest BCUT2D eigenvalue weighted by molar-refractivity contribution is 7.92. The number of benzene rings is 2. The largest absolute Gasteiger partial charge is 0.357 e. The molecule has 8 heteroatoms. The molecule has 1 saturated heterocycles. The Kier molecular flexibility index (Phi) is 6.65. The number of nitrogens with zero attached hydrogens (tertiary/aromatic N) is 3. The summed E-state index contributed by atoms with van der Waals surface area (Å²) in [5.41, 5.74) is 2.51. The van der Waals surface area contributed by atoms with Crippen LogP contribution >= 0.6 is 0 Å². The van der Waals surface area contributed by atoms with Crippen molar-refractivity contribution in [2.45, 2.75) is 31.1 Å². The Morgan fingerprint density at radius 1 is 0.939 bits per heavy atom. The Bertz CT molecular complexity index is 1200. The van der Waals surface area contributed by atoms with Crippen LogP contribution in [-0.2, 0) is 10.0 Å². The van der Waals surface area contributed by atoms with Gasteiger partial charge in [0.05, 0.1) is 22.5 Å². The van der Waals surface area contributed by atoms with Crippen molar-refractivity contribution in [3.63, 3.8) is 0 Å². The molecule has 0 bridgehead atoms. The van der Waals surface area contributed by atoms with Crippen molar-refractivity contribution < 1.29 is 13.2 Å². The lowest BCUT2D eigenvalue weighted by atomic mass is 10.1. The minimum Gasteiger partial charge on any atom is -0.357 e.